The summed E-state index contributed by atoms with van der Waals surface area (Å²) in [5.41, 5.74) is 2.63. The van der Waals surface area contributed by atoms with Crippen LogP contribution in [0.3, 0.4) is 0 Å². The summed E-state index contributed by atoms with van der Waals surface area (Å²) in [6, 6.07) is 6.34. The lowest BCUT2D eigenvalue weighted by Crippen LogP contribution is -2.32. The van der Waals surface area contributed by atoms with Crippen LogP contribution < -0.4 is 10.1 Å². The Labute approximate surface area is 109 Å². The first kappa shape index (κ1) is 11.8. The van der Waals surface area contributed by atoms with E-state index in [1.807, 2.05) is 0 Å². The molecular formula is C15H22N2O. The Morgan fingerprint density at radius 1 is 1.33 bits per heavy atom. The molecule has 1 aromatic rings. The third-order valence-electron chi connectivity index (χ3n) is 4.14. The van der Waals surface area contributed by atoms with Gasteiger partial charge in [-0.2, -0.15) is 0 Å². The summed E-state index contributed by atoms with van der Waals surface area (Å²) in [5.74, 6) is 1.82. The predicted octanol–water partition coefficient (Wildman–Crippen LogP) is 2.38. The molecule has 2 heterocycles. The van der Waals surface area contributed by atoms with Gasteiger partial charge in [-0.15, -0.1) is 0 Å². The molecule has 1 saturated heterocycles. The summed E-state index contributed by atoms with van der Waals surface area (Å²) in [5, 5.41) is 3.40. The normalized spacial score (nSPS) is 20.5. The molecule has 1 N–H and O–H groups in total. The molecule has 0 atom stereocenters. The van der Waals surface area contributed by atoms with Crippen LogP contribution in [0.25, 0.3) is 0 Å². The first-order valence-corrected chi connectivity index (χ1v) is 7.00. The van der Waals surface area contributed by atoms with Gasteiger partial charge in [-0.05, 0) is 57.5 Å². The SMILES string of the molecule is CN1CCC(COc2cccc3c2CCN3)CC1. The molecule has 0 amide bonds. The second-order valence-corrected chi connectivity index (χ2v) is 5.52. The zero-order valence-electron chi connectivity index (χ0n) is 11.1. The van der Waals surface area contributed by atoms with E-state index in [1.165, 1.54) is 37.2 Å². The molecule has 0 saturated carbocycles. The summed E-state index contributed by atoms with van der Waals surface area (Å²) < 4.78 is 6.07. The number of fused-ring (bicyclic) bond motifs is 1. The number of nitrogens with zero attached hydrogens (tertiary/aromatic N) is 1. The van der Waals surface area contributed by atoms with Crippen LogP contribution in [0.4, 0.5) is 5.69 Å². The van der Waals surface area contributed by atoms with Crippen molar-refractivity contribution in [3.8, 4) is 5.75 Å². The predicted molar refractivity (Wildman–Crippen MR) is 74.4 cm³/mol. The maximum Gasteiger partial charge on any atom is 0.124 e. The number of nitrogens with one attached hydrogen (secondary N) is 1. The molecule has 3 rings (SSSR count). The van der Waals surface area contributed by atoms with Gasteiger partial charge in [0.1, 0.15) is 5.75 Å². The topological polar surface area (TPSA) is 24.5 Å². The standard InChI is InChI=1S/C15H22N2O/c1-17-9-6-12(7-10-17)11-18-15-4-2-3-14-13(15)5-8-16-14/h2-4,12,16H,5-11H2,1H3. The van der Waals surface area contributed by atoms with Gasteiger partial charge in [-0.1, -0.05) is 6.07 Å². The van der Waals surface area contributed by atoms with E-state index < -0.39 is 0 Å². The minimum absolute atomic E-state index is 0.728. The van der Waals surface area contributed by atoms with Crippen molar-refractivity contribution >= 4 is 5.69 Å². The molecule has 0 aromatic heterocycles. The number of hydrogen-bond acceptors (Lipinski definition) is 3. The van der Waals surface area contributed by atoms with E-state index >= 15 is 0 Å². The van der Waals surface area contributed by atoms with Crippen LogP contribution in [0.5, 0.6) is 5.75 Å². The van der Waals surface area contributed by atoms with E-state index in [9.17, 15) is 0 Å². The van der Waals surface area contributed by atoms with E-state index in [0.29, 0.717) is 0 Å². The first-order chi connectivity index (χ1) is 8.83. The first-order valence-electron chi connectivity index (χ1n) is 7.00. The second-order valence-electron chi connectivity index (χ2n) is 5.52. The van der Waals surface area contributed by atoms with Gasteiger partial charge >= 0.3 is 0 Å². The molecular weight excluding hydrogens is 224 g/mol. The molecule has 98 valence electrons. The van der Waals surface area contributed by atoms with Gasteiger partial charge in [0.2, 0.25) is 0 Å². The maximum absolute atomic E-state index is 6.07. The summed E-state index contributed by atoms with van der Waals surface area (Å²) >= 11 is 0. The van der Waals surface area contributed by atoms with E-state index in [1.54, 1.807) is 0 Å². The molecule has 3 nitrogen and oxygen atoms in total. The fourth-order valence-corrected chi connectivity index (χ4v) is 2.88. The van der Waals surface area contributed by atoms with Crippen molar-refractivity contribution in [3.63, 3.8) is 0 Å². The van der Waals surface area contributed by atoms with Crippen molar-refractivity contribution in [2.75, 3.05) is 38.6 Å². The Hall–Kier alpha value is -1.22. The van der Waals surface area contributed by atoms with Crippen molar-refractivity contribution in [1.82, 2.24) is 4.90 Å². The lowest BCUT2D eigenvalue weighted by atomic mass is 9.98. The minimum atomic E-state index is 0.728. The van der Waals surface area contributed by atoms with Crippen LogP contribution >= 0.6 is 0 Å². The molecule has 0 radical (unpaired) electrons. The quantitative estimate of drug-likeness (QED) is 0.886. The molecule has 0 bridgehead atoms. The van der Waals surface area contributed by atoms with Gasteiger partial charge in [0, 0.05) is 17.8 Å². The van der Waals surface area contributed by atoms with Crippen molar-refractivity contribution < 1.29 is 4.74 Å². The summed E-state index contributed by atoms with van der Waals surface area (Å²) in [7, 11) is 2.20. The van der Waals surface area contributed by atoms with E-state index in [0.717, 1.165) is 31.2 Å². The Bertz CT molecular complexity index is 411. The summed E-state index contributed by atoms with van der Waals surface area (Å²) in [6.07, 6.45) is 3.63. The Morgan fingerprint density at radius 2 is 2.17 bits per heavy atom. The third kappa shape index (κ3) is 2.46. The molecule has 3 heteroatoms. The second kappa shape index (κ2) is 5.19. The Balaban J connectivity index is 1.59. The van der Waals surface area contributed by atoms with Gasteiger partial charge in [0.15, 0.2) is 0 Å². The minimum Gasteiger partial charge on any atom is -0.493 e. The van der Waals surface area contributed by atoms with E-state index in [4.69, 9.17) is 4.74 Å². The average molecular weight is 246 g/mol. The highest BCUT2D eigenvalue weighted by molar-refractivity contribution is 5.61. The Kier molecular flexibility index (Phi) is 3.41. The van der Waals surface area contributed by atoms with Crippen LogP contribution in [0.2, 0.25) is 0 Å². The van der Waals surface area contributed by atoms with Gasteiger partial charge in [-0.3, -0.25) is 0 Å². The fraction of sp³-hybridized carbons (Fsp3) is 0.600. The number of rotatable bonds is 3. The van der Waals surface area contributed by atoms with Crippen molar-refractivity contribution in [1.29, 1.82) is 0 Å². The zero-order valence-corrected chi connectivity index (χ0v) is 11.1. The molecule has 2 aliphatic heterocycles. The number of piperidine rings is 1. The van der Waals surface area contributed by atoms with Crippen LogP contribution in [0.1, 0.15) is 18.4 Å². The van der Waals surface area contributed by atoms with Crippen molar-refractivity contribution in [3.05, 3.63) is 23.8 Å². The van der Waals surface area contributed by atoms with Crippen LogP contribution in [-0.2, 0) is 6.42 Å². The van der Waals surface area contributed by atoms with Crippen molar-refractivity contribution in [2.45, 2.75) is 19.3 Å². The molecule has 0 unspecified atom stereocenters. The number of likely N-dealkylation sites (tertiary alicyclic amines) is 1. The molecule has 2 aliphatic rings. The molecule has 0 spiro atoms. The van der Waals surface area contributed by atoms with Gasteiger partial charge in [0.25, 0.3) is 0 Å². The maximum atomic E-state index is 6.07. The number of benzene rings is 1. The Morgan fingerprint density at radius 3 is 3.00 bits per heavy atom. The lowest BCUT2D eigenvalue weighted by molar-refractivity contribution is 0.159. The molecule has 18 heavy (non-hydrogen) atoms. The van der Waals surface area contributed by atoms with E-state index in [2.05, 4.69) is 35.5 Å². The van der Waals surface area contributed by atoms with Gasteiger partial charge < -0.3 is 15.0 Å². The number of hydrogen-bond donors (Lipinski definition) is 1. The molecule has 1 aromatic carbocycles. The number of ether oxygens (including phenoxy) is 1. The highest BCUT2D eigenvalue weighted by atomic mass is 16.5. The highest BCUT2D eigenvalue weighted by Crippen LogP contribution is 2.31. The third-order valence-corrected chi connectivity index (χ3v) is 4.14. The zero-order chi connectivity index (χ0) is 12.4. The largest absolute Gasteiger partial charge is 0.493 e. The summed E-state index contributed by atoms with van der Waals surface area (Å²) in [4.78, 5) is 2.40. The smallest absolute Gasteiger partial charge is 0.124 e. The van der Waals surface area contributed by atoms with Crippen molar-refractivity contribution in [2.24, 2.45) is 5.92 Å². The van der Waals surface area contributed by atoms with Gasteiger partial charge in [0.05, 0.1) is 6.61 Å². The lowest BCUT2D eigenvalue weighted by Gasteiger charge is -2.28. The monoisotopic (exact) mass is 246 g/mol. The van der Waals surface area contributed by atoms with Gasteiger partial charge in [-0.25, -0.2) is 0 Å². The van der Waals surface area contributed by atoms with Crippen LogP contribution in [-0.4, -0.2) is 38.2 Å². The van der Waals surface area contributed by atoms with Crippen LogP contribution in [0.15, 0.2) is 18.2 Å². The van der Waals surface area contributed by atoms with Crippen LogP contribution in [0, 0.1) is 5.92 Å². The molecule has 1 fully saturated rings. The summed E-state index contributed by atoms with van der Waals surface area (Å²) in [6.45, 7) is 4.35. The highest BCUT2D eigenvalue weighted by Gasteiger charge is 2.19. The molecule has 0 aliphatic carbocycles. The number of anilines is 1. The average Bonchev–Trinajstić information content (AvgIpc) is 2.87. The van der Waals surface area contributed by atoms with E-state index in [-0.39, 0.29) is 0 Å². The fourth-order valence-electron chi connectivity index (χ4n) is 2.88.